The lowest BCUT2D eigenvalue weighted by molar-refractivity contribution is -0.146. The summed E-state index contributed by atoms with van der Waals surface area (Å²) in [5.74, 6) is -2.33. The second kappa shape index (κ2) is 6.43. The lowest BCUT2D eigenvalue weighted by Gasteiger charge is -2.29. The minimum absolute atomic E-state index is 0.235. The molecule has 5 heteroatoms. The summed E-state index contributed by atoms with van der Waals surface area (Å²) in [6.45, 7) is 3.90. The zero-order chi connectivity index (χ0) is 15.6. The number of carbonyl (C=O) groups is 2. The Morgan fingerprint density at radius 1 is 1.14 bits per heavy atom. The van der Waals surface area contributed by atoms with Crippen molar-refractivity contribution in [1.82, 2.24) is 0 Å². The van der Waals surface area contributed by atoms with Gasteiger partial charge in [-0.1, -0.05) is 23.3 Å². The number of nitrogens with one attached hydrogen (secondary N) is 1. The first kappa shape index (κ1) is 15.8. The Labute approximate surface area is 132 Å². The molecule has 0 saturated carbocycles. The van der Waals surface area contributed by atoms with Crippen molar-refractivity contribution in [3.8, 4) is 0 Å². The van der Waals surface area contributed by atoms with Gasteiger partial charge in [-0.05, 0) is 54.8 Å². The molecule has 2 N–H and O–H groups in total. The van der Waals surface area contributed by atoms with Crippen LogP contribution in [0.1, 0.15) is 26.7 Å². The number of carboxylic acids is 1. The molecule has 1 aromatic carbocycles. The average molecular weight is 352 g/mol. The maximum Gasteiger partial charge on any atom is 0.307 e. The lowest BCUT2D eigenvalue weighted by Crippen LogP contribution is -2.36. The van der Waals surface area contributed by atoms with Crippen LogP contribution in [0, 0.1) is 11.8 Å². The molecule has 21 heavy (non-hydrogen) atoms. The van der Waals surface area contributed by atoms with Gasteiger partial charge in [0.2, 0.25) is 5.91 Å². The molecule has 1 aliphatic rings. The molecule has 0 fully saturated rings. The largest absolute Gasteiger partial charge is 0.481 e. The molecule has 0 bridgehead atoms. The van der Waals surface area contributed by atoms with E-state index in [0.717, 1.165) is 15.6 Å². The van der Waals surface area contributed by atoms with E-state index in [-0.39, 0.29) is 5.91 Å². The van der Waals surface area contributed by atoms with Crippen molar-refractivity contribution in [2.75, 3.05) is 5.32 Å². The summed E-state index contributed by atoms with van der Waals surface area (Å²) in [6.07, 6.45) is 0.939. The number of halogens is 1. The van der Waals surface area contributed by atoms with Gasteiger partial charge in [-0.3, -0.25) is 9.59 Å². The first-order chi connectivity index (χ1) is 9.90. The third-order valence-corrected chi connectivity index (χ3v) is 4.74. The van der Waals surface area contributed by atoms with E-state index < -0.39 is 17.8 Å². The van der Waals surface area contributed by atoms with Crippen molar-refractivity contribution in [1.29, 1.82) is 0 Å². The number of carboxylic acid groups (broad SMARTS) is 1. The molecule has 4 nitrogen and oxygen atoms in total. The number of para-hydroxylation sites is 1. The highest BCUT2D eigenvalue weighted by atomic mass is 79.9. The van der Waals surface area contributed by atoms with Gasteiger partial charge >= 0.3 is 5.97 Å². The predicted octanol–water partition coefficient (Wildman–Crippen LogP) is 3.83. The number of carbonyl (C=O) groups excluding carboxylic acids is 1. The summed E-state index contributed by atoms with van der Waals surface area (Å²) in [5, 5.41) is 12.2. The fourth-order valence-electron chi connectivity index (χ4n) is 2.62. The van der Waals surface area contributed by atoms with E-state index in [4.69, 9.17) is 0 Å². The van der Waals surface area contributed by atoms with Crippen LogP contribution in [0.3, 0.4) is 0 Å². The molecule has 0 spiro atoms. The summed E-state index contributed by atoms with van der Waals surface area (Å²) >= 11 is 3.37. The van der Waals surface area contributed by atoms with Gasteiger partial charge in [0.1, 0.15) is 0 Å². The zero-order valence-corrected chi connectivity index (χ0v) is 13.6. The molecular weight excluding hydrogens is 334 g/mol. The smallest absolute Gasteiger partial charge is 0.307 e. The van der Waals surface area contributed by atoms with Crippen LogP contribution in [0.15, 0.2) is 39.9 Å². The van der Waals surface area contributed by atoms with Crippen molar-refractivity contribution in [2.24, 2.45) is 11.8 Å². The second-order valence-electron chi connectivity index (χ2n) is 5.49. The van der Waals surface area contributed by atoms with Gasteiger partial charge in [0, 0.05) is 4.47 Å². The number of aliphatic carboxylic acids is 1. The summed E-state index contributed by atoms with van der Waals surface area (Å²) in [6, 6.07) is 7.30. The van der Waals surface area contributed by atoms with Gasteiger partial charge < -0.3 is 10.4 Å². The van der Waals surface area contributed by atoms with Crippen LogP contribution in [0.4, 0.5) is 5.69 Å². The van der Waals surface area contributed by atoms with Gasteiger partial charge in [0.15, 0.2) is 0 Å². The highest BCUT2D eigenvalue weighted by Gasteiger charge is 2.37. The number of benzene rings is 1. The highest BCUT2D eigenvalue weighted by Crippen LogP contribution is 2.35. The first-order valence-electron chi connectivity index (χ1n) is 6.83. The monoisotopic (exact) mass is 351 g/mol. The topological polar surface area (TPSA) is 66.4 Å². The third-order valence-electron chi connectivity index (χ3n) is 4.05. The predicted molar refractivity (Wildman–Crippen MR) is 85.0 cm³/mol. The number of hydrogen-bond acceptors (Lipinski definition) is 2. The molecule has 2 rings (SSSR count). The molecule has 0 heterocycles. The average Bonchev–Trinajstić information content (AvgIpc) is 2.43. The van der Waals surface area contributed by atoms with E-state index in [9.17, 15) is 14.7 Å². The molecular formula is C16H18BrNO3. The van der Waals surface area contributed by atoms with Crippen LogP contribution in [0.5, 0.6) is 0 Å². The zero-order valence-electron chi connectivity index (χ0n) is 12.0. The van der Waals surface area contributed by atoms with Gasteiger partial charge in [-0.2, -0.15) is 0 Å². The summed E-state index contributed by atoms with van der Waals surface area (Å²) in [7, 11) is 0. The van der Waals surface area contributed by atoms with Crippen LogP contribution in [0.2, 0.25) is 0 Å². The molecule has 0 unspecified atom stereocenters. The van der Waals surface area contributed by atoms with Gasteiger partial charge in [0.05, 0.1) is 17.5 Å². The second-order valence-corrected chi connectivity index (χ2v) is 6.34. The molecule has 1 aliphatic carbocycles. The number of rotatable bonds is 3. The van der Waals surface area contributed by atoms with Crippen LogP contribution in [0.25, 0.3) is 0 Å². The lowest BCUT2D eigenvalue weighted by atomic mass is 9.76. The summed E-state index contributed by atoms with van der Waals surface area (Å²) in [5.41, 5.74) is 2.85. The molecule has 0 aliphatic heterocycles. The maximum atomic E-state index is 12.5. The Kier molecular flexibility index (Phi) is 4.83. The Bertz CT molecular complexity index is 609. The SMILES string of the molecule is CC1=C(C)C[C@@H](C(=O)O)[C@@H](C(=O)Nc2ccccc2Br)C1. The van der Waals surface area contributed by atoms with Crippen molar-refractivity contribution >= 4 is 33.5 Å². The van der Waals surface area contributed by atoms with Gasteiger partial charge in [-0.15, -0.1) is 0 Å². The Morgan fingerprint density at radius 2 is 1.71 bits per heavy atom. The molecule has 0 aromatic heterocycles. The Hall–Kier alpha value is -1.62. The standard InChI is InChI=1S/C16H18BrNO3/c1-9-7-11(12(16(20)21)8-10(9)2)15(19)18-14-6-4-3-5-13(14)17/h3-6,11-12H,7-8H2,1-2H3,(H,18,19)(H,20,21)/t11-,12+/m0/s1. The number of hydrogen-bond donors (Lipinski definition) is 2. The summed E-state index contributed by atoms with van der Waals surface area (Å²) < 4.78 is 0.782. The molecule has 1 amide bonds. The number of amides is 1. The van der Waals surface area contributed by atoms with E-state index in [1.165, 1.54) is 0 Å². The quantitative estimate of drug-likeness (QED) is 0.813. The van der Waals surface area contributed by atoms with Crippen LogP contribution in [-0.4, -0.2) is 17.0 Å². The Morgan fingerprint density at radius 3 is 2.29 bits per heavy atom. The van der Waals surface area contributed by atoms with Crippen molar-refractivity contribution < 1.29 is 14.7 Å². The van der Waals surface area contributed by atoms with E-state index in [1.54, 1.807) is 6.07 Å². The van der Waals surface area contributed by atoms with E-state index in [0.29, 0.717) is 18.5 Å². The van der Waals surface area contributed by atoms with E-state index in [1.807, 2.05) is 32.0 Å². The van der Waals surface area contributed by atoms with Gasteiger partial charge in [0.25, 0.3) is 0 Å². The van der Waals surface area contributed by atoms with Crippen LogP contribution >= 0.6 is 15.9 Å². The molecule has 112 valence electrons. The molecule has 0 saturated heterocycles. The van der Waals surface area contributed by atoms with Gasteiger partial charge in [-0.25, -0.2) is 0 Å². The van der Waals surface area contributed by atoms with E-state index >= 15 is 0 Å². The highest BCUT2D eigenvalue weighted by molar-refractivity contribution is 9.10. The molecule has 0 radical (unpaired) electrons. The fraction of sp³-hybridized carbons (Fsp3) is 0.375. The van der Waals surface area contributed by atoms with E-state index in [2.05, 4.69) is 21.2 Å². The Balaban J connectivity index is 2.21. The minimum Gasteiger partial charge on any atom is -0.481 e. The van der Waals surface area contributed by atoms with Crippen LogP contribution in [-0.2, 0) is 9.59 Å². The van der Waals surface area contributed by atoms with Crippen LogP contribution < -0.4 is 5.32 Å². The normalized spacial score (nSPS) is 22.0. The number of anilines is 1. The third kappa shape index (κ3) is 3.53. The fourth-order valence-corrected chi connectivity index (χ4v) is 3.00. The first-order valence-corrected chi connectivity index (χ1v) is 7.63. The minimum atomic E-state index is -0.908. The summed E-state index contributed by atoms with van der Waals surface area (Å²) in [4.78, 5) is 23.9. The van der Waals surface area contributed by atoms with Crippen molar-refractivity contribution in [2.45, 2.75) is 26.7 Å². The molecule has 2 atom stereocenters. The van der Waals surface area contributed by atoms with Crippen molar-refractivity contribution in [3.63, 3.8) is 0 Å². The maximum absolute atomic E-state index is 12.5. The molecule has 1 aromatic rings. The van der Waals surface area contributed by atoms with Crippen molar-refractivity contribution in [3.05, 3.63) is 39.9 Å². The number of allylic oxidation sites excluding steroid dienone is 2.